The lowest BCUT2D eigenvalue weighted by atomic mass is 9.97. The Bertz CT molecular complexity index is 346. The highest BCUT2D eigenvalue weighted by Gasteiger charge is 2.19. The summed E-state index contributed by atoms with van der Waals surface area (Å²) >= 11 is 12.2. The Morgan fingerprint density at radius 2 is 2.00 bits per heavy atom. The van der Waals surface area contributed by atoms with Crippen LogP contribution in [0.15, 0.2) is 6.33 Å². The highest BCUT2D eigenvalue weighted by Crippen LogP contribution is 2.26. The zero-order valence-electron chi connectivity index (χ0n) is 10.1. The first-order chi connectivity index (χ1) is 8.02. The summed E-state index contributed by atoms with van der Waals surface area (Å²) in [5.41, 5.74) is 5.55. The van der Waals surface area contributed by atoms with E-state index in [2.05, 4.69) is 21.9 Å². The third kappa shape index (κ3) is 5.04. The van der Waals surface area contributed by atoms with Crippen LogP contribution in [0.5, 0.6) is 0 Å². The molecular weight excluding hydrogens is 259 g/mol. The van der Waals surface area contributed by atoms with Crippen LogP contribution in [-0.2, 0) is 0 Å². The van der Waals surface area contributed by atoms with Gasteiger partial charge in [-0.1, -0.05) is 6.92 Å². The molecule has 0 fully saturated rings. The molecule has 4 nitrogen and oxygen atoms in total. The van der Waals surface area contributed by atoms with Crippen molar-refractivity contribution in [3.63, 3.8) is 0 Å². The standard InChI is InChI=1S/C11H18Cl2N4/c1-3-8(5-9(13)4-7(2)12)10-15-6-16-11(14)17-10/h6-9H,3-5H2,1-2H3,(H2,14,15,16,17). The third-order valence-corrected chi connectivity index (χ3v) is 3.12. The zero-order valence-corrected chi connectivity index (χ0v) is 11.6. The third-order valence-electron chi connectivity index (χ3n) is 2.59. The van der Waals surface area contributed by atoms with Crippen molar-refractivity contribution in [2.24, 2.45) is 0 Å². The van der Waals surface area contributed by atoms with Crippen molar-refractivity contribution in [3.05, 3.63) is 12.2 Å². The fourth-order valence-corrected chi connectivity index (χ4v) is 2.52. The molecule has 0 saturated heterocycles. The monoisotopic (exact) mass is 276 g/mol. The maximum absolute atomic E-state index is 6.25. The predicted molar refractivity (Wildman–Crippen MR) is 71.5 cm³/mol. The maximum Gasteiger partial charge on any atom is 0.223 e. The molecule has 3 atom stereocenters. The Balaban J connectivity index is 2.65. The van der Waals surface area contributed by atoms with E-state index in [4.69, 9.17) is 28.9 Å². The Morgan fingerprint density at radius 1 is 1.29 bits per heavy atom. The van der Waals surface area contributed by atoms with Gasteiger partial charge < -0.3 is 5.73 Å². The number of hydrogen-bond acceptors (Lipinski definition) is 4. The van der Waals surface area contributed by atoms with Gasteiger partial charge in [-0.25, -0.2) is 9.97 Å². The van der Waals surface area contributed by atoms with Crippen LogP contribution in [0, 0.1) is 0 Å². The van der Waals surface area contributed by atoms with E-state index >= 15 is 0 Å². The Morgan fingerprint density at radius 3 is 2.53 bits per heavy atom. The van der Waals surface area contributed by atoms with Gasteiger partial charge in [-0.2, -0.15) is 4.98 Å². The van der Waals surface area contributed by atoms with E-state index in [1.54, 1.807) is 0 Å². The van der Waals surface area contributed by atoms with Gasteiger partial charge in [-0.05, 0) is 26.2 Å². The average Bonchev–Trinajstić information content (AvgIpc) is 2.24. The molecule has 0 radical (unpaired) electrons. The van der Waals surface area contributed by atoms with Gasteiger partial charge in [0.25, 0.3) is 0 Å². The van der Waals surface area contributed by atoms with Gasteiger partial charge in [0.05, 0.1) is 0 Å². The first-order valence-electron chi connectivity index (χ1n) is 5.75. The number of hydrogen-bond donors (Lipinski definition) is 1. The molecule has 0 aliphatic heterocycles. The molecule has 1 aromatic heterocycles. The second-order valence-electron chi connectivity index (χ2n) is 4.16. The van der Waals surface area contributed by atoms with E-state index in [9.17, 15) is 0 Å². The minimum Gasteiger partial charge on any atom is -0.368 e. The quantitative estimate of drug-likeness (QED) is 0.812. The van der Waals surface area contributed by atoms with E-state index in [-0.39, 0.29) is 22.6 Å². The smallest absolute Gasteiger partial charge is 0.223 e. The van der Waals surface area contributed by atoms with Gasteiger partial charge in [0, 0.05) is 16.7 Å². The van der Waals surface area contributed by atoms with Crippen LogP contribution in [0.2, 0.25) is 0 Å². The van der Waals surface area contributed by atoms with Crippen LogP contribution in [0.3, 0.4) is 0 Å². The SMILES string of the molecule is CCC(CC(Cl)CC(C)Cl)c1ncnc(N)n1. The number of rotatable bonds is 6. The minimum atomic E-state index is 0.0328. The van der Waals surface area contributed by atoms with Crippen LogP contribution in [0.1, 0.15) is 44.9 Å². The highest BCUT2D eigenvalue weighted by atomic mass is 35.5. The summed E-state index contributed by atoms with van der Waals surface area (Å²) in [4.78, 5) is 12.1. The van der Waals surface area contributed by atoms with Crippen molar-refractivity contribution in [2.45, 2.75) is 49.8 Å². The molecule has 6 heteroatoms. The van der Waals surface area contributed by atoms with Crippen LogP contribution >= 0.6 is 23.2 Å². The van der Waals surface area contributed by atoms with Crippen molar-refractivity contribution in [1.82, 2.24) is 15.0 Å². The highest BCUT2D eigenvalue weighted by molar-refractivity contribution is 6.23. The number of nitrogens with two attached hydrogens (primary N) is 1. The van der Waals surface area contributed by atoms with Crippen LogP contribution in [0.25, 0.3) is 0 Å². The van der Waals surface area contributed by atoms with Crippen molar-refractivity contribution >= 4 is 29.2 Å². The molecule has 0 aliphatic rings. The van der Waals surface area contributed by atoms with E-state index in [0.29, 0.717) is 5.82 Å². The van der Waals surface area contributed by atoms with E-state index < -0.39 is 0 Å². The van der Waals surface area contributed by atoms with Crippen LogP contribution in [-0.4, -0.2) is 25.7 Å². The molecule has 3 unspecified atom stereocenters. The molecule has 17 heavy (non-hydrogen) atoms. The molecule has 0 amide bonds. The van der Waals surface area contributed by atoms with Gasteiger partial charge in [0.1, 0.15) is 12.2 Å². The Labute approximate surface area is 112 Å². The molecule has 0 aliphatic carbocycles. The average molecular weight is 277 g/mol. The second kappa shape index (κ2) is 6.97. The minimum absolute atomic E-state index is 0.0328. The summed E-state index contributed by atoms with van der Waals surface area (Å²) in [6, 6.07) is 0. The first kappa shape index (κ1) is 14.5. The van der Waals surface area contributed by atoms with Crippen LogP contribution in [0.4, 0.5) is 5.95 Å². The first-order valence-corrected chi connectivity index (χ1v) is 6.62. The van der Waals surface area contributed by atoms with Crippen molar-refractivity contribution in [2.75, 3.05) is 5.73 Å². The summed E-state index contributed by atoms with van der Waals surface area (Å²) in [6.45, 7) is 4.02. The van der Waals surface area contributed by atoms with Gasteiger partial charge in [-0.15, -0.1) is 23.2 Å². The maximum atomic E-state index is 6.25. The molecule has 0 bridgehead atoms. The van der Waals surface area contributed by atoms with E-state index in [1.165, 1.54) is 6.33 Å². The number of halogens is 2. The van der Waals surface area contributed by atoms with Gasteiger partial charge in [0.2, 0.25) is 5.95 Å². The van der Waals surface area contributed by atoms with Gasteiger partial charge >= 0.3 is 0 Å². The molecular formula is C11H18Cl2N4. The van der Waals surface area contributed by atoms with Crippen LogP contribution < -0.4 is 5.73 Å². The lowest BCUT2D eigenvalue weighted by Gasteiger charge is -2.17. The summed E-state index contributed by atoms with van der Waals surface area (Å²) in [5, 5.41) is 0.115. The molecule has 2 N–H and O–H groups in total. The predicted octanol–water partition coefficient (Wildman–Crippen LogP) is 2.96. The lowest BCUT2D eigenvalue weighted by Crippen LogP contribution is -2.14. The summed E-state index contributed by atoms with van der Waals surface area (Å²) < 4.78 is 0. The largest absolute Gasteiger partial charge is 0.368 e. The lowest BCUT2D eigenvalue weighted by molar-refractivity contribution is 0.536. The summed E-state index contributed by atoms with van der Waals surface area (Å²) in [7, 11) is 0. The van der Waals surface area contributed by atoms with Crippen molar-refractivity contribution in [1.29, 1.82) is 0 Å². The van der Waals surface area contributed by atoms with Gasteiger partial charge in [0.15, 0.2) is 0 Å². The van der Waals surface area contributed by atoms with Gasteiger partial charge in [-0.3, -0.25) is 0 Å². The Hall–Kier alpha value is -0.610. The molecule has 0 aromatic carbocycles. The number of nitrogen functional groups attached to an aromatic ring is 1. The molecule has 0 spiro atoms. The number of aromatic nitrogens is 3. The summed E-state index contributed by atoms with van der Waals surface area (Å²) in [6.07, 6.45) is 3.94. The second-order valence-corrected chi connectivity index (χ2v) is 5.52. The van der Waals surface area contributed by atoms with Crippen molar-refractivity contribution < 1.29 is 0 Å². The molecule has 1 rings (SSSR count). The van der Waals surface area contributed by atoms with E-state index in [1.807, 2.05) is 6.92 Å². The Kier molecular flexibility index (Phi) is 5.92. The number of nitrogens with zero attached hydrogens (tertiary/aromatic N) is 3. The molecule has 1 aromatic rings. The molecule has 96 valence electrons. The molecule has 1 heterocycles. The van der Waals surface area contributed by atoms with Crippen molar-refractivity contribution in [3.8, 4) is 0 Å². The number of anilines is 1. The topological polar surface area (TPSA) is 64.7 Å². The van der Waals surface area contributed by atoms with E-state index in [0.717, 1.165) is 19.3 Å². The zero-order chi connectivity index (χ0) is 12.8. The number of alkyl halides is 2. The fourth-order valence-electron chi connectivity index (χ4n) is 1.73. The normalized spacial score (nSPS) is 16.5. The fraction of sp³-hybridized carbons (Fsp3) is 0.727. The molecule has 0 saturated carbocycles. The summed E-state index contributed by atoms with van der Waals surface area (Å²) in [5.74, 6) is 1.18.